The molecule has 7 nitrogen and oxygen atoms in total. The number of hydrogen-bond donors (Lipinski definition) is 2. The lowest BCUT2D eigenvalue weighted by Gasteiger charge is -2.34. The zero-order valence-corrected chi connectivity index (χ0v) is 19.6. The maximum absolute atomic E-state index is 10.6. The molecule has 1 aromatic heterocycles. The van der Waals surface area contributed by atoms with Gasteiger partial charge < -0.3 is 14.3 Å². The van der Waals surface area contributed by atoms with Gasteiger partial charge in [-0.05, 0) is 70.9 Å². The smallest absolute Gasteiger partial charge is 0.226 e. The first-order valence-electron chi connectivity index (χ1n) is 12.1. The van der Waals surface area contributed by atoms with Gasteiger partial charge in [0, 0.05) is 31.1 Å². The van der Waals surface area contributed by atoms with Crippen molar-refractivity contribution in [2.45, 2.75) is 45.9 Å². The Morgan fingerprint density at radius 2 is 1.84 bits per heavy atom. The van der Waals surface area contributed by atoms with Crippen LogP contribution in [-0.4, -0.2) is 78.6 Å². The summed E-state index contributed by atoms with van der Waals surface area (Å²) in [4.78, 5) is 9.66. The van der Waals surface area contributed by atoms with Crippen molar-refractivity contribution in [3.63, 3.8) is 0 Å². The fourth-order valence-electron chi connectivity index (χ4n) is 4.69. The van der Waals surface area contributed by atoms with Crippen LogP contribution in [0.4, 0.5) is 0 Å². The molecule has 7 heteroatoms. The number of aliphatic hydroxyl groups is 1. The lowest BCUT2D eigenvalue weighted by molar-refractivity contribution is 0.0274. The van der Waals surface area contributed by atoms with E-state index >= 15 is 0 Å². The second-order valence-corrected chi connectivity index (χ2v) is 9.16. The van der Waals surface area contributed by atoms with Gasteiger partial charge in [0.1, 0.15) is 12.0 Å². The van der Waals surface area contributed by atoms with Crippen LogP contribution >= 0.6 is 0 Å². The van der Waals surface area contributed by atoms with E-state index in [0.29, 0.717) is 11.8 Å². The first-order valence-corrected chi connectivity index (χ1v) is 12.1. The first kappa shape index (κ1) is 23.4. The molecule has 1 atom stereocenters. The molecule has 1 aromatic carbocycles. The summed E-state index contributed by atoms with van der Waals surface area (Å²) in [5.74, 6) is 1.92. The predicted octanol–water partition coefficient (Wildman–Crippen LogP) is 2.80. The number of hydrogen-bond acceptors (Lipinski definition) is 7. The quantitative estimate of drug-likeness (QED) is 0.457. The summed E-state index contributed by atoms with van der Waals surface area (Å²) < 4.78 is 11.4. The number of ether oxygens (including phenoxy) is 1. The Balaban J connectivity index is 1.19. The molecule has 2 aliphatic heterocycles. The molecule has 3 heterocycles. The minimum absolute atomic E-state index is 0.315. The molecule has 4 rings (SSSR count). The Bertz CT molecular complexity index is 841. The van der Waals surface area contributed by atoms with Gasteiger partial charge >= 0.3 is 0 Å². The average Bonchev–Trinajstić information content (AvgIpc) is 3.18. The third-order valence-electron chi connectivity index (χ3n) is 6.83. The van der Waals surface area contributed by atoms with Crippen LogP contribution < -0.4 is 5.32 Å². The van der Waals surface area contributed by atoms with Gasteiger partial charge in [0.2, 0.25) is 5.89 Å². The van der Waals surface area contributed by atoms with Crippen molar-refractivity contribution in [2.75, 3.05) is 52.5 Å². The summed E-state index contributed by atoms with van der Waals surface area (Å²) in [6.07, 6.45) is 2.64. The van der Waals surface area contributed by atoms with E-state index < -0.39 is 6.23 Å². The fourth-order valence-corrected chi connectivity index (χ4v) is 4.69. The van der Waals surface area contributed by atoms with Gasteiger partial charge in [-0.15, -0.1) is 0 Å². The summed E-state index contributed by atoms with van der Waals surface area (Å²) in [5.41, 5.74) is 3.25. The minimum Gasteiger partial charge on any atom is -0.441 e. The highest BCUT2D eigenvalue weighted by Gasteiger charge is 2.26. The zero-order chi connectivity index (χ0) is 22.3. The number of aromatic nitrogens is 1. The number of aliphatic hydroxyl groups excluding tert-OH is 1. The number of benzene rings is 1. The molecule has 0 saturated carbocycles. The number of likely N-dealkylation sites (tertiary alicyclic amines) is 1. The molecule has 0 amide bonds. The Morgan fingerprint density at radius 1 is 1.09 bits per heavy atom. The molecule has 2 N–H and O–H groups in total. The van der Waals surface area contributed by atoms with Crippen LogP contribution in [0, 0.1) is 19.8 Å². The molecule has 1 unspecified atom stereocenters. The van der Waals surface area contributed by atoms with Crippen molar-refractivity contribution < 1.29 is 14.3 Å². The summed E-state index contributed by atoms with van der Waals surface area (Å²) in [7, 11) is 0. The number of piperidine rings is 1. The highest BCUT2D eigenvalue weighted by molar-refractivity contribution is 5.58. The average molecular weight is 443 g/mol. The number of aryl methyl sites for hydroxylation is 2. The van der Waals surface area contributed by atoms with Gasteiger partial charge in [-0.3, -0.25) is 15.1 Å². The lowest BCUT2D eigenvalue weighted by atomic mass is 9.94. The van der Waals surface area contributed by atoms with E-state index in [4.69, 9.17) is 14.1 Å². The normalized spacial score (nSPS) is 20.0. The van der Waals surface area contributed by atoms with Crippen LogP contribution in [-0.2, 0) is 11.3 Å². The second-order valence-electron chi connectivity index (χ2n) is 9.16. The van der Waals surface area contributed by atoms with Gasteiger partial charge in [-0.2, -0.15) is 0 Å². The Kier molecular flexibility index (Phi) is 8.32. The van der Waals surface area contributed by atoms with E-state index in [2.05, 4.69) is 34.2 Å². The van der Waals surface area contributed by atoms with Crippen molar-refractivity contribution in [3.8, 4) is 11.5 Å². The largest absolute Gasteiger partial charge is 0.441 e. The summed E-state index contributed by atoms with van der Waals surface area (Å²) in [6.45, 7) is 12.5. The first-order chi connectivity index (χ1) is 15.6. The number of nitrogens with one attached hydrogen (secondary N) is 1. The number of rotatable bonds is 9. The van der Waals surface area contributed by atoms with E-state index in [-0.39, 0.29) is 0 Å². The third-order valence-corrected chi connectivity index (χ3v) is 6.83. The topological polar surface area (TPSA) is 74.0 Å². The Labute approximate surface area is 191 Å². The highest BCUT2D eigenvalue weighted by Crippen LogP contribution is 2.27. The minimum atomic E-state index is -0.414. The molecular weight excluding hydrogens is 404 g/mol. The van der Waals surface area contributed by atoms with Crippen molar-refractivity contribution in [3.05, 3.63) is 41.3 Å². The molecule has 0 radical (unpaired) electrons. The molecule has 32 heavy (non-hydrogen) atoms. The van der Waals surface area contributed by atoms with Crippen LogP contribution in [0.1, 0.15) is 36.3 Å². The standard InChI is InChI=1S/C25H38N4O3/c1-19-6-3-4-7-22(19)25-27-23(20(2)32-25)18-29-12-8-21(9-13-29)24(30)26-10-5-11-28-14-16-31-17-15-28/h3-4,6-7,21,24,26,30H,5,8-18H2,1-2H3. The van der Waals surface area contributed by atoms with E-state index in [0.717, 1.165) is 95.3 Å². The third kappa shape index (κ3) is 6.17. The SMILES string of the molecule is Cc1ccccc1-c1nc(CN2CCC(C(O)NCCCN3CCOCC3)CC2)c(C)o1. The second kappa shape index (κ2) is 11.4. The monoisotopic (exact) mass is 442 g/mol. The van der Waals surface area contributed by atoms with E-state index in [1.54, 1.807) is 0 Å². The molecule has 0 spiro atoms. The molecule has 2 aromatic rings. The van der Waals surface area contributed by atoms with E-state index in [1.807, 2.05) is 19.1 Å². The molecule has 176 valence electrons. The van der Waals surface area contributed by atoms with E-state index in [1.165, 1.54) is 5.56 Å². The predicted molar refractivity (Wildman–Crippen MR) is 125 cm³/mol. The fraction of sp³-hybridized carbons (Fsp3) is 0.640. The molecule has 2 fully saturated rings. The summed E-state index contributed by atoms with van der Waals surface area (Å²) in [5, 5.41) is 13.9. The highest BCUT2D eigenvalue weighted by atomic mass is 16.5. The molecule has 0 aliphatic carbocycles. The van der Waals surface area contributed by atoms with Crippen molar-refractivity contribution in [1.82, 2.24) is 20.1 Å². The van der Waals surface area contributed by atoms with Crippen LogP contribution in [0.5, 0.6) is 0 Å². The van der Waals surface area contributed by atoms with Crippen LogP contribution in [0.25, 0.3) is 11.5 Å². The van der Waals surface area contributed by atoms with Crippen molar-refractivity contribution >= 4 is 0 Å². The van der Waals surface area contributed by atoms with Gasteiger partial charge in [-0.1, -0.05) is 18.2 Å². The van der Waals surface area contributed by atoms with Crippen molar-refractivity contribution in [2.24, 2.45) is 5.92 Å². The molecule has 2 aliphatic rings. The summed E-state index contributed by atoms with van der Waals surface area (Å²) in [6, 6.07) is 8.20. The van der Waals surface area contributed by atoms with Crippen LogP contribution in [0.15, 0.2) is 28.7 Å². The maximum Gasteiger partial charge on any atom is 0.226 e. The van der Waals surface area contributed by atoms with E-state index in [9.17, 15) is 5.11 Å². The van der Waals surface area contributed by atoms with Gasteiger partial charge in [0.25, 0.3) is 0 Å². The molecule has 2 saturated heterocycles. The number of morpholine rings is 1. The van der Waals surface area contributed by atoms with Gasteiger partial charge in [-0.25, -0.2) is 4.98 Å². The molecular formula is C25H38N4O3. The number of nitrogens with zero attached hydrogens (tertiary/aromatic N) is 3. The molecule has 0 bridgehead atoms. The lowest BCUT2D eigenvalue weighted by Crippen LogP contribution is -2.44. The van der Waals surface area contributed by atoms with Crippen LogP contribution in [0.3, 0.4) is 0 Å². The zero-order valence-electron chi connectivity index (χ0n) is 19.6. The number of oxazole rings is 1. The van der Waals surface area contributed by atoms with Gasteiger partial charge in [0.05, 0.1) is 18.9 Å². The maximum atomic E-state index is 10.6. The Morgan fingerprint density at radius 3 is 2.59 bits per heavy atom. The summed E-state index contributed by atoms with van der Waals surface area (Å²) >= 11 is 0. The van der Waals surface area contributed by atoms with Crippen LogP contribution in [0.2, 0.25) is 0 Å². The van der Waals surface area contributed by atoms with Gasteiger partial charge in [0.15, 0.2) is 0 Å². The Hall–Kier alpha value is -1.77. The van der Waals surface area contributed by atoms with Crippen molar-refractivity contribution in [1.29, 1.82) is 0 Å².